The summed E-state index contributed by atoms with van der Waals surface area (Å²) >= 11 is 0. The number of rotatable bonds is 3. The van der Waals surface area contributed by atoms with Crippen molar-refractivity contribution in [2.45, 2.75) is 33.2 Å². The van der Waals surface area contributed by atoms with Gasteiger partial charge in [-0.1, -0.05) is 25.1 Å². The van der Waals surface area contributed by atoms with E-state index in [-0.39, 0.29) is 5.91 Å². The van der Waals surface area contributed by atoms with Crippen LogP contribution in [-0.4, -0.2) is 34.7 Å². The van der Waals surface area contributed by atoms with Crippen LogP contribution >= 0.6 is 0 Å². The van der Waals surface area contributed by atoms with Gasteiger partial charge in [0.2, 0.25) is 5.91 Å². The summed E-state index contributed by atoms with van der Waals surface area (Å²) in [6.45, 7) is 6.16. The van der Waals surface area contributed by atoms with E-state index < -0.39 is 0 Å². The third kappa shape index (κ3) is 2.54. The van der Waals surface area contributed by atoms with Crippen molar-refractivity contribution in [1.29, 1.82) is 0 Å². The van der Waals surface area contributed by atoms with Gasteiger partial charge in [-0.05, 0) is 31.7 Å². The van der Waals surface area contributed by atoms with Gasteiger partial charge >= 0.3 is 0 Å². The number of carbonyl (C=O) groups excluding carboxylic acids is 2. The second kappa shape index (κ2) is 5.95. The van der Waals surface area contributed by atoms with Crippen LogP contribution in [0.2, 0.25) is 0 Å². The van der Waals surface area contributed by atoms with Gasteiger partial charge in [-0.3, -0.25) is 9.59 Å². The van der Waals surface area contributed by atoms with E-state index in [9.17, 15) is 9.59 Å². The van der Waals surface area contributed by atoms with Crippen LogP contribution in [0, 0.1) is 12.8 Å². The van der Waals surface area contributed by atoms with Gasteiger partial charge in [0.1, 0.15) is 6.54 Å². The number of fused-ring (bicyclic) bond motifs is 1. The highest BCUT2D eigenvalue weighted by atomic mass is 16.2. The SMILES string of the molecule is Cc1c(C=O)c2ccccc2n1CC(=O)N1CCC(C)CC1. The molecule has 2 heterocycles. The molecule has 1 aromatic heterocycles. The molecule has 4 nitrogen and oxygen atoms in total. The average molecular weight is 298 g/mol. The molecule has 116 valence electrons. The minimum atomic E-state index is 0.146. The molecule has 0 N–H and O–H groups in total. The number of piperidine rings is 1. The first-order valence-electron chi connectivity index (χ1n) is 7.92. The molecule has 0 aliphatic carbocycles. The molecule has 22 heavy (non-hydrogen) atoms. The summed E-state index contributed by atoms with van der Waals surface area (Å²) in [6, 6.07) is 7.78. The number of hydrogen-bond acceptors (Lipinski definition) is 2. The van der Waals surface area contributed by atoms with E-state index >= 15 is 0 Å². The van der Waals surface area contributed by atoms with Gasteiger partial charge in [0, 0.05) is 35.2 Å². The van der Waals surface area contributed by atoms with Crippen LogP contribution in [-0.2, 0) is 11.3 Å². The maximum absolute atomic E-state index is 12.6. The van der Waals surface area contributed by atoms with Crippen LogP contribution in [0.4, 0.5) is 0 Å². The summed E-state index contributed by atoms with van der Waals surface area (Å²) in [5.41, 5.74) is 2.52. The van der Waals surface area contributed by atoms with Gasteiger partial charge in [0.25, 0.3) is 0 Å². The maximum Gasteiger partial charge on any atom is 0.242 e. The van der Waals surface area contributed by atoms with E-state index in [1.54, 1.807) is 0 Å². The molecule has 0 atom stereocenters. The van der Waals surface area contributed by atoms with Crippen molar-refractivity contribution >= 4 is 23.1 Å². The Morgan fingerprint density at radius 3 is 2.64 bits per heavy atom. The predicted octanol–water partition coefficient (Wildman–Crippen LogP) is 3.02. The molecule has 3 rings (SSSR count). The molecule has 0 spiro atoms. The normalized spacial score (nSPS) is 16.2. The quantitative estimate of drug-likeness (QED) is 0.817. The van der Waals surface area contributed by atoms with Crippen LogP contribution in [0.5, 0.6) is 0 Å². The third-order valence-electron chi connectivity index (χ3n) is 4.83. The van der Waals surface area contributed by atoms with E-state index in [4.69, 9.17) is 0 Å². The van der Waals surface area contributed by atoms with E-state index in [0.29, 0.717) is 18.0 Å². The molecule has 4 heteroatoms. The highest BCUT2D eigenvalue weighted by Gasteiger charge is 2.22. The molecule has 1 saturated heterocycles. The molecule has 1 aromatic carbocycles. The highest BCUT2D eigenvalue weighted by Crippen LogP contribution is 2.25. The molecule has 1 aliphatic heterocycles. The Kier molecular flexibility index (Phi) is 4.01. The lowest BCUT2D eigenvalue weighted by Gasteiger charge is -2.30. The van der Waals surface area contributed by atoms with Crippen LogP contribution < -0.4 is 0 Å². The average Bonchev–Trinajstić information content (AvgIpc) is 2.80. The highest BCUT2D eigenvalue weighted by molar-refractivity contribution is 5.99. The standard InChI is InChI=1S/C18H22N2O2/c1-13-7-9-19(10-8-13)18(22)11-20-14(2)16(12-21)15-5-3-4-6-17(15)20/h3-6,12-13H,7-11H2,1-2H3. The van der Waals surface area contributed by atoms with Crippen LogP contribution in [0.25, 0.3) is 10.9 Å². The van der Waals surface area contributed by atoms with E-state index in [1.807, 2.05) is 40.7 Å². The fraction of sp³-hybridized carbons (Fsp3) is 0.444. The summed E-state index contributed by atoms with van der Waals surface area (Å²) in [5.74, 6) is 0.855. The second-order valence-electron chi connectivity index (χ2n) is 6.28. The van der Waals surface area contributed by atoms with E-state index in [1.165, 1.54) is 0 Å². The molecule has 0 saturated carbocycles. The molecule has 1 aliphatic rings. The molecular formula is C18H22N2O2. The Morgan fingerprint density at radius 1 is 1.27 bits per heavy atom. The van der Waals surface area contributed by atoms with Crippen LogP contribution in [0.1, 0.15) is 35.8 Å². The summed E-state index contributed by atoms with van der Waals surface area (Å²) in [5, 5.41) is 0.926. The Hall–Kier alpha value is -2.10. The van der Waals surface area contributed by atoms with Gasteiger partial charge in [0.05, 0.1) is 0 Å². The Bertz CT molecular complexity index is 709. The van der Waals surface area contributed by atoms with Crippen molar-refractivity contribution in [3.8, 4) is 0 Å². The van der Waals surface area contributed by atoms with Gasteiger partial charge in [-0.25, -0.2) is 0 Å². The molecule has 1 amide bonds. The molecular weight excluding hydrogens is 276 g/mol. The number of benzene rings is 1. The molecule has 2 aromatic rings. The summed E-state index contributed by atoms with van der Waals surface area (Å²) in [4.78, 5) is 25.9. The number of aromatic nitrogens is 1. The van der Waals surface area contributed by atoms with Crippen molar-refractivity contribution < 1.29 is 9.59 Å². The monoisotopic (exact) mass is 298 g/mol. The Balaban J connectivity index is 1.89. The Labute approximate surface area is 130 Å². The van der Waals surface area contributed by atoms with E-state index in [0.717, 1.165) is 48.8 Å². The summed E-state index contributed by atoms with van der Waals surface area (Å²) < 4.78 is 1.97. The van der Waals surface area contributed by atoms with Crippen molar-refractivity contribution in [1.82, 2.24) is 9.47 Å². The van der Waals surface area contributed by atoms with E-state index in [2.05, 4.69) is 6.92 Å². The molecule has 0 unspecified atom stereocenters. The van der Waals surface area contributed by atoms with Gasteiger partial charge < -0.3 is 9.47 Å². The summed E-state index contributed by atoms with van der Waals surface area (Å²) in [6.07, 6.45) is 3.05. The predicted molar refractivity (Wildman–Crippen MR) is 87.0 cm³/mol. The smallest absolute Gasteiger partial charge is 0.242 e. The molecule has 0 bridgehead atoms. The number of amides is 1. The number of hydrogen-bond donors (Lipinski definition) is 0. The fourth-order valence-electron chi connectivity index (χ4n) is 3.30. The zero-order valence-electron chi connectivity index (χ0n) is 13.2. The van der Waals surface area contributed by atoms with Crippen LogP contribution in [0.15, 0.2) is 24.3 Å². The fourth-order valence-corrected chi connectivity index (χ4v) is 3.30. The van der Waals surface area contributed by atoms with Crippen molar-refractivity contribution in [3.63, 3.8) is 0 Å². The van der Waals surface area contributed by atoms with Crippen LogP contribution in [0.3, 0.4) is 0 Å². The largest absolute Gasteiger partial charge is 0.341 e. The number of carbonyl (C=O) groups is 2. The maximum atomic E-state index is 12.6. The number of para-hydroxylation sites is 1. The number of aldehydes is 1. The first-order valence-corrected chi connectivity index (χ1v) is 7.92. The van der Waals surface area contributed by atoms with Gasteiger partial charge in [0.15, 0.2) is 6.29 Å². The number of nitrogens with zero attached hydrogens (tertiary/aromatic N) is 2. The first kappa shape index (κ1) is 14.8. The van der Waals surface area contributed by atoms with Gasteiger partial charge in [-0.2, -0.15) is 0 Å². The zero-order valence-corrected chi connectivity index (χ0v) is 13.2. The Morgan fingerprint density at radius 2 is 1.95 bits per heavy atom. The second-order valence-corrected chi connectivity index (χ2v) is 6.28. The lowest BCUT2D eigenvalue weighted by atomic mass is 9.99. The summed E-state index contributed by atoms with van der Waals surface area (Å²) in [7, 11) is 0. The van der Waals surface area contributed by atoms with Crippen molar-refractivity contribution in [2.24, 2.45) is 5.92 Å². The minimum absolute atomic E-state index is 0.146. The lowest BCUT2D eigenvalue weighted by Crippen LogP contribution is -2.39. The third-order valence-corrected chi connectivity index (χ3v) is 4.83. The topological polar surface area (TPSA) is 42.3 Å². The van der Waals surface area contributed by atoms with Crippen molar-refractivity contribution in [2.75, 3.05) is 13.1 Å². The zero-order chi connectivity index (χ0) is 15.7. The molecule has 1 fully saturated rings. The van der Waals surface area contributed by atoms with Crippen molar-refractivity contribution in [3.05, 3.63) is 35.5 Å². The number of likely N-dealkylation sites (tertiary alicyclic amines) is 1. The first-order chi connectivity index (χ1) is 10.6. The molecule has 0 radical (unpaired) electrons. The minimum Gasteiger partial charge on any atom is -0.341 e. The van der Waals surface area contributed by atoms with Gasteiger partial charge in [-0.15, -0.1) is 0 Å². The lowest BCUT2D eigenvalue weighted by molar-refractivity contribution is -0.133.